The molecule has 2 atom stereocenters. The fourth-order valence-electron chi connectivity index (χ4n) is 2.47. The third-order valence-electron chi connectivity index (χ3n) is 3.28. The second-order valence-corrected chi connectivity index (χ2v) is 4.24. The van der Waals surface area contributed by atoms with Crippen molar-refractivity contribution in [2.24, 2.45) is 0 Å². The SMILES string of the molecule is O=C1CC[C@@]2(O)OC[C@H](c3ccccc3)N12. The van der Waals surface area contributed by atoms with Crippen LogP contribution in [0.1, 0.15) is 24.4 Å². The van der Waals surface area contributed by atoms with Gasteiger partial charge in [0.05, 0.1) is 12.6 Å². The highest BCUT2D eigenvalue weighted by Crippen LogP contribution is 2.42. The van der Waals surface area contributed by atoms with Gasteiger partial charge in [0.1, 0.15) is 0 Å². The Morgan fingerprint density at radius 3 is 2.88 bits per heavy atom. The normalized spacial score (nSPS) is 33.2. The van der Waals surface area contributed by atoms with Gasteiger partial charge in [0.15, 0.2) is 0 Å². The van der Waals surface area contributed by atoms with Crippen LogP contribution in [0, 0.1) is 0 Å². The van der Waals surface area contributed by atoms with E-state index in [0.717, 1.165) is 5.56 Å². The van der Waals surface area contributed by atoms with E-state index in [-0.39, 0.29) is 11.9 Å². The van der Waals surface area contributed by atoms with Crippen LogP contribution in [-0.2, 0) is 9.53 Å². The first-order valence-electron chi connectivity index (χ1n) is 5.44. The van der Waals surface area contributed by atoms with Crippen molar-refractivity contribution in [3.8, 4) is 0 Å². The lowest BCUT2D eigenvalue weighted by Crippen LogP contribution is -2.42. The molecule has 0 spiro atoms. The van der Waals surface area contributed by atoms with Gasteiger partial charge in [-0.1, -0.05) is 30.3 Å². The molecule has 1 N–H and O–H groups in total. The molecule has 0 bridgehead atoms. The van der Waals surface area contributed by atoms with E-state index in [1.807, 2.05) is 30.3 Å². The summed E-state index contributed by atoms with van der Waals surface area (Å²) in [6.07, 6.45) is 0.731. The molecule has 0 unspecified atom stereocenters. The molecule has 1 amide bonds. The molecule has 0 aromatic heterocycles. The number of carbonyl (C=O) groups is 1. The van der Waals surface area contributed by atoms with Gasteiger partial charge in [0.25, 0.3) is 5.91 Å². The standard InChI is InChI=1S/C12H13NO3/c14-11-6-7-12(15)13(11)10(8-16-12)9-4-2-1-3-5-9/h1-5,10,15H,6-8H2/t10-,12-/m1/s1. The van der Waals surface area contributed by atoms with E-state index in [4.69, 9.17) is 4.74 Å². The van der Waals surface area contributed by atoms with Crippen molar-refractivity contribution in [1.82, 2.24) is 4.90 Å². The second kappa shape index (κ2) is 3.30. The summed E-state index contributed by atoms with van der Waals surface area (Å²) in [5.74, 6) is -1.40. The van der Waals surface area contributed by atoms with Crippen LogP contribution in [0.4, 0.5) is 0 Å². The summed E-state index contributed by atoms with van der Waals surface area (Å²) in [5.41, 5.74) is 1.01. The quantitative estimate of drug-likeness (QED) is 0.767. The van der Waals surface area contributed by atoms with E-state index < -0.39 is 5.91 Å². The highest BCUT2D eigenvalue weighted by atomic mass is 16.7. The number of rotatable bonds is 1. The van der Waals surface area contributed by atoms with Gasteiger partial charge >= 0.3 is 0 Å². The van der Waals surface area contributed by atoms with Gasteiger partial charge in [-0.25, -0.2) is 0 Å². The van der Waals surface area contributed by atoms with Gasteiger partial charge in [0.2, 0.25) is 5.91 Å². The maximum absolute atomic E-state index is 11.7. The summed E-state index contributed by atoms with van der Waals surface area (Å²) in [4.78, 5) is 13.2. The molecule has 2 saturated heterocycles. The fraction of sp³-hybridized carbons (Fsp3) is 0.417. The van der Waals surface area contributed by atoms with Crippen molar-refractivity contribution < 1.29 is 14.6 Å². The molecule has 16 heavy (non-hydrogen) atoms. The molecule has 0 saturated carbocycles. The Balaban J connectivity index is 1.97. The van der Waals surface area contributed by atoms with E-state index in [0.29, 0.717) is 19.4 Å². The van der Waals surface area contributed by atoms with Crippen molar-refractivity contribution >= 4 is 5.91 Å². The first-order valence-corrected chi connectivity index (χ1v) is 5.44. The molecule has 0 aliphatic carbocycles. The third kappa shape index (κ3) is 1.27. The smallest absolute Gasteiger partial charge is 0.252 e. The Morgan fingerprint density at radius 2 is 2.12 bits per heavy atom. The van der Waals surface area contributed by atoms with Crippen molar-refractivity contribution in [3.05, 3.63) is 35.9 Å². The van der Waals surface area contributed by atoms with Gasteiger partial charge < -0.3 is 9.84 Å². The van der Waals surface area contributed by atoms with Crippen LogP contribution in [0.2, 0.25) is 0 Å². The number of nitrogens with zero attached hydrogens (tertiary/aromatic N) is 1. The number of amides is 1. The molecule has 2 aliphatic heterocycles. The van der Waals surface area contributed by atoms with E-state index in [2.05, 4.69) is 0 Å². The van der Waals surface area contributed by atoms with E-state index in [1.165, 1.54) is 4.90 Å². The third-order valence-corrected chi connectivity index (χ3v) is 3.28. The predicted octanol–water partition coefficient (Wildman–Crippen LogP) is 1.03. The van der Waals surface area contributed by atoms with Crippen LogP contribution >= 0.6 is 0 Å². The highest BCUT2D eigenvalue weighted by molar-refractivity contribution is 5.80. The number of aliphatic hydroxyl groups is 1. The molecule has 2 fully saturated rings. The lowest BCUT2D eigenvalue weighted by Gasteiger charge is -2.27. The number of carbonyl (C=O) groups excluding carboxylic acids is 1. The van der Waals surface area contributed by atoms with Crippen molar-refractivity contribution in [3.63, 3.8) is 0 Å². The summed E-state index contributed by atoms with van der Waals surface area (Å²) >= 11 is 0. The summed E-state index contributed by atoms with van der Waals surface area (Å²) in [7, 11) is 0. The number of ether oxygens (including phenoxy) is 1. The molecule has 4 heteroatoms. The number of benzene rings is 1. The molecular weight excluding hydrogens is 206 g/mol. The molecular formula is C12H13NO3. The zero-order valence-electron chi connectivity index (χ0n) is 8.80. The first-order chi connectivity index (χ1) is 7.71. The summed E-state index contributed by atoms with van der Waals surface area (Å²) in [6, 6.07) is 9.52. The molecule has 3 rings (SSSR count). The summed E-state index contributed by atoms with van der Waals surface area (Å²) in [5, 5.41) is 10.1. The molecule has 0 radical (unpaired) electrons. The largest absolute Gasteiger partial charge is 0.349 e. The Hall–Kier alpha value is -1.39. The minimum absolute atomic E-state index is 0.0335. The van der Waals surface area contributed by atoms with Crippen LogP contribution in [0.5, 0.6) is 0 Å². The summed E-state index contributed by atoms with van der Waals surface area (Å²) in [6.45, 7) is 0.367. The Morgan fingerprint density at radius 1 is 1.38 bits per heavy atom. The van der Waals surface area contributed by atoms with Crippen LogP contribution in [0.25, 0.3) is 0 Å². The second-order valence-electron chi connectivity index (χ2n) is 4.24. The predicted molar refractivity (Wildman–Crippen MR) is 56.2 cm³/mol. The van der Waals surface area contributed by atoms with Crippen LogP contribution in [-0.4, -0.2) is 28.4 Å². The molecule has 4 nitrogen and oxygen atoms in total. The first kappa shape index (κ1) is 9.81. The van der Waals surface area contributed by atoms with Crippen molar-refractivity contribution in [1.29, 1.82) is 0 Å². The lowest BCUT2D eigenvalue weighted by molar-refractivity contribution is -0.227. The van der Waals surface area contributed by atoms with Crippen LogP contribution in [0.15, 0.2) is 30.3 Å². The minimum atomic E-state index is -1.36. The van der Waals surface area contributed by atoms with E-state index in [9.17, 15) is 9.90 Å². The van der Waals surface area contributed by atoms with Gasteiger partial charge in [-0.3, -0.25) is 9.69 Å². The average Bonchev–Trinajstić information content (AvgIpc) is 2.78. The maximum Gasteiger partial charge on any atom is 0.252 e. The van der Waals surface area contributed by atoms with Gasteiger partial charge in [-0.15, -0.1) is 0 Å². The topological polar surface area (TPSA) is 49.8 Å². The van der Waals surface area contributed by atoms with Gasteiger partial charge in [-0.2, -0.15) is 0 Å². The molecule has 1 aromatic carbocycles. The number of hydrogen-bond acceptors (Lipinski definition) is 3. The minimum Gasteiger partial charge on any atom is -0.349 e. The average molecular weight is 219 g/mol. The van der Waals surface area contributed by atoms with Crippen molar-refractivity contribution in [2.45, 2.75) is 24.8 Å². The Bertz CT molecular complexity index is 420. The van der Waals surface area contributed by atoms with E-state index >= 15 is 0 Å². The zero-order valence-corrected chi connectivity index (χ0v) is 8.80. The lowest BCUT2D eigenvalue weighted by atomic mass is 10.1. The molecule has 84 valence electrons. The zero-order chi connectivity index (χ0) is 11.2. The summed E-state index contributed by atoms with van der Waals surface area (Å²) < 4.78 is 5.36. The molecule has 1 aromatic rings. The van der Waals surface area contributed by atoms with Crippen LogP contribution in [0.3, 0.4) is 0 Å². The molecule has 2 aliphatic rings. The number of fused-ring (bicyclic) bond motifs is 1. The maximum atomic E-state index is 11.7. The highest BCUT2D eigenvalue weighted by Gasteiger charge is 2.53. The monoisotopic (exact) mass is 219 g/mol. The Labute approximate surface area is 93.4 Å². The van der Waals surface area contributed by atoms with Gasteiger partial charge in [-0.05, 0) is 5.56 Å². The number of hydrogen-bond donors (Lipinski definition) is 1. The Kier molecular flexibility index (Phi) is 2.02. The van der Waals surface area contributed by atoms with Gasteiger partial charge in [0, 0.05) is 12.8 Å². The fourth-order valence-corrected chi connectivity index (χ4v) is 2.47. The van der Waals surface area contributed by atoms with Crippen molar-refractivity contribution in [2.75, 3.05) is 6.61 Å². The molecule has 2 heterocycles. The van der Waals surface area contributed by atoms with E-state index in [1.54, 1.807) is 0 Å². The van der Waals surface area contributed by atoms with Crippen LogP contribution < -0.4 is 0 Å².